The Bertz CT molecular complexity index is 130. The summed E-state index contributed by atoms with van der Waals surface area (Å²) in [7, 11) is 0. The van der Waals surface area contributed by atoms with Crippen molar-refractivity contribution in [1.29, 1.82) is 0 Å². The van der Waals surface area contributed by atoms with Gasteiger partial charge < -0.3 is 5.32 Å². The van der Waals surface area contributed by atoms with E-state index in [1.54, 1.807) is 0 Å². The van der Waals surface area contributed by atoms with Crippen molar-refractivity contribution in [3.63, 3.8) is 0 Å². The van der Waals surface area contributed by atoms with Crippen LogP contribution in [-0.4, -0.2) is 18.4 Å². The molecule has 0 unspecified atom stereocenters. The number of hydrogen-bond donors (Lipinski definition) is 1. The Hall–Kier alpha value is -0.630. The van der Waals surface area contributed by atoms with Crippen molar-refractivity contribution < 1.29 is 6.22 Å². The van der Waals surface area contributed by atoms with Crippen LogP contribution in [0.4, 0.5) is 0 Å². The van der Waals surface area contributed by atoms with Crippen LogP contribution < -0.4 is 5.32 Å². The summed E-state index contributed by atoms with van der Waals surface area (Å²) in [6.45, 7) is 4.39. The zero-order valence-corrected chi connectivity index (χ0v) is 5.39. The van der Waals surface area contributed by atoms with E-state index in [0.717, 1.165) is 19.4 Å². The van der Waals surface area contributed by atoms with Crippen LogP contribution in [0.25, 0.3) is 0 Å². The first-order valence-electron chi connectivity index (χ1n) is 3.24. The summed E-state index contributed by atoms with van der Waals surface area (Å²) in [5.74, 6) is 0.132. The summed E-state index contributed by atoms with van der Waals surface area (Å²) in [5, 5.41) is 3.09. The molecule has 2 heteroatoms. The lowest BCUT2D eigenvalue weighted by atomic mass is 10.1. The standard InChI is InChI=1S/C7H11NO.H2/c1-2-7(9)6-4-3-5-8-6;/h2,6,8H,1,3-5H2;1H/t6-;/m1./s1. The van der Waals surface area contributed by atoms with Gasteiger partial charge in [-0.05, 0) is 25.5 Å². The fraction of sp³-hybridized carbons (Fsp3) is 0.571. The molecule has 0 spiro atoms. The van der Waals surface area contributed by atoms with Crippen LogP contribution in [0.15, 0.2) is 12.7 Å². The number of rotatable bonds is 2. The maximum atomic E-state index is 10.8. The molecule has 0 amide bonds. The van der Waals surface area contributed by atoms with Crippen LogP contribution in [0.3, 0.4) is 0 Å². The molecule has 1 atom stereocenters. The molecule has 1 fully saturated rings. The number of hydrogen-bond acceptors (Lipinski definition) is 2. The molecule has 0 radical (unpaired) electrons. The Morgan fingerprint density at radius 1 is 1.89 bits per heavy atom. The van der Waals surface area contributed by atoms with E-state index in [9.17, 15) is 4.79 Å². The molecule has 0 aromatic heterocycles. The van der Waals surface area contributed by atoms with Crippen molar-refractivity contribution in [2.75, 3.05) is 6.54 Å². The topological polar surface area (TPSA) is 29.1 Å². The first kappa shape index (κ1) is 6.49. The fourth-order valence-electron chi connectivity index (χ4n) is 1.07. The van der Waals surface area contributed by atoms with E-state index in [-0.39, 0.29) is 13.3 Å². The van der Waals surface area contributed by atoms with Crippen LogP contribution in [0.1, 0.15) is 14.3 Å². The number of carbonyl (C=O) groups excluding carboxylic acids is 1. The molecule has 2 nitrogen and oxygen atoms in total. The zero-order valence-electron chi connectivity index (χ0n) is 5.39. The lowest BCUT2D eigenvalue weighted by Crippen LogP contribution is -2.28. The first-order valence-corrected chi connectivity index (χ1v) is 3.24. The summed E-state index contributed by atoms with van der Waals surface area (Å²) >= 11 is 0. The molecule has 0 bridgehead atoms. The zero-order chi connectivity index (χ0) is 6.69. The van der Waals surface area contributed by atoms with E-state index in [2.05, 4.69) is 11.9 Å². The largest absolute Gasteiger partial charge is 0.307 e. The average molecular weight is 127 g/mol. The Morgan fingerprint density at radius 3 is 3.11 bits per heavy atom. The number of ketones is 1. The van der Waals surface area contributed by atoms with Crippen LogP contribution in [0, 0.1) is 0 Å². The molecule has 1 N–H and O–H groups in total. The second-order valence-corrected chi connectivity index (χ2v) is 2.26. The van der Waals surface area contributed by atoms with Crippen LogP contribution in [0.2, 0.25) is 0 Å². The summed E-state index contributed by atoms with van der Waals surface area (Å²) < 4.78 is 0. The maximum absolute atomic E-state index is 10.8. The van der Waals surface area contributed by atoms with Gasteiger partial charge in [0.05, 0.1) is 6.04 Å². The minimum atomic E-state index is 0. The Morgan fingerprint density at radius 2 is 2.67 bits per heavy atom. The lowest BCUT2D eigenvalue weighted by molar-refractivity contribution is -0.116. The Kier molecular flexibility index (Phi) is 2.01. The molecule has 1 rings (SSSR count). The van der Waals surface area contributed by atoms with Gasteiger partial charge in [0, 0.05) is 1.43 Å². The summed E-state index contributed by atoms with van der Waals surface area (Å²) in [6, 6.07) is 0.0718. The molecule has 1 heterocycles. The first-order chi connectivity index (χ1) is 4.34. The maximum Gasteiger partial charge on any atom is 0.171 e. The highest BCUT2D eigenvalue weighted by Gasteiger charge is 2.18. The molecule has 0 aromatic rings. The molecule has 9 heavy (non-hydrogen) atoms. The fourth-order valence-corrected chi connectivity index (χ4v) is 1.07. The quantitative estimate of drug-likeness (QED) is 0.554. The molecule has 0 saturated carbocycles. The van der Waals surface area contributed by atoms with E-state index in [1.165, 1.54) is 6.08 Å². The van der Waals surface area contributed by atoms with Crippen molar-refractivity contribution in [3.05, 3.63) is 12.7 Å². The van der Waals surface area contributed by atoms with Gasteiger partial charge in [0.25, 0.3) is 0 Å². The molecular weight excluding hydrogens is 114 g/mol. The smallest absolute Gasteiger partial charge is 0.171 e. The predicted octanol–water partition coefficient (Wildman–Crippen LogP) is 0.740. The van der Waals surface area contributed by atoms with E-state index in [0.29, 0.717) is 0 Å². The third kappa shape index (κ3) is 1.39. The molecular formula is C7H13NO. The van der Waals surface area contributed by atoms with Gasteiger partial charge >= 0.3 is 0 Å². The van der Waals surface area contributed by atoms with Gasteiger partial charge in [0.15, 0.2) is 5.78 Å². The van der Waals surface area contributed by atoms with Crippen molar-refractivity contribution in [3.8, 4) is 0 Å². The minimum absolute atomic E-state index is 0. The highest BCUT2D eigenvalue weighted by atomic mass is 16.1. The van der Waals surface area contributed by atoms with E-state index in [1.807, 2.05) is 0 Å². The Labute approximate surface area is 56.4 Å². The van der Waals surface area contributed by atoms with Crippen LogP contribution >= 0.6 is 0 Å². The lowest BCUT2D eigenvalue weighted by Gasteiger charge is -2.02. The van der Waals surface area contributed by atoms with Crippen molar-refractivity contribution in [1.82, 2.24) is 5.32 Å². The summed E-state index contributed by atoms with van der Waals surface area (Å²) in [5.41, 5.74) is 0. The van der Waals surface area contributed by atoms with Gasteiger partial charge in [-0.25, -0.2) is 0 Å². The summed E-state index contributed by atoms with van der Waals surface area (Å²) in [4.78, 5) is 10.8. The van der Waals surface area contributed by atoms with Crippen LogP contribution in [0.5, 0.6) is 0 Å². The van der Waals surface area contributed by atoms with E-state index < -0.39 is 0 Å². The van der Waals surface area contributed by atoms with Crippen molar-refractivity contribution >= 4 is 5.78 Å². The van der Waals surface area contributed by atoms with Crippen molar-refractivity contribution in [2.45, 2.75) is 18.9 Å². The van der Waals surface area contributed by atoms with E-state index >= 15 is 0 Å². The van der Waals surface area contributed by atoms with Gasteiger partial charge in [-0.1, -0.05) is 6.58 Å². The predicted molar refractivity (Wildman–Crippen MR) is 38.3 cm³/mol. The normalized spacial score (nSPS) is 26.0. The second kappa shape index (κ2) is 2.78. The molecule has 52 valence electrons. The van der Waals surface area contributed by atoms with Gasteiger partial charge in [-0.15, -0.1) is 0 Å². The van der Waals surface area contributed by atoms with Gasteiger partial charge in [-0.2, -0.15) is 0 Å². The average Bonchev–Trinajstić information content (AvgIpc) is 2.37. The van der Waals surface area contributed by atoms with Crippen LogP contribution in [-0.2, 0) is 4.79 Å². The molecule has 0 aliphatic carbocycles. The highest BCUT2D eigenvalue weighted by molar-refractivity contribution is 5.93. The summed E-state index contributed by atoms with van der Waals surface area (Å²) in [6.07, 6.45) is 3.48. The van der Waals surface area contributed by atoms with Crippen molar-refractivity contribution in [2.24, 2.45) is 0 Å². The number of carbonyl (C=O) groups is 1. The molecule has 1 aliphatic heterocycles. The van der Waals surface area contributed by atoms with Gasteiger partial charge in [-0.3, -0.25) is 4.79 Å². The molecule has 1 aliphatic rings. The van der Waals surface area contributed by atoms with Gasteiger partial charge in [0.1, 0.15) is 0 Å². The monoisotopic (exact) mass is 127 g/mol. The molecule has 1 saturated heterocycles. The van der Waals surface area contributed by atoms with Gasteiger partial charge in [0.2, 0.25) is 0 Å². The highest BCUT2D eigenvalue weighted by Crippen LogP contribution is 2.05. The second-order valence-electron chi connectivity index (χ2n) is 2.26. The third-order valence-corrected chi connectivity index (χ3v) is 1.60. The van der Waals surface area contributed by atoms with E-state index in [4.69, 9.17) is 0 Å². The minimum Gasteiger partial charge on any atom is -0.307 e. The SMILES string of the molecule is C=CC(=O)[C@H]1CCCN1.[HH]. The number of nitrogens with one attached hydrogen (secondary N) is 1. The third-order valence-electron chi connectivity index (χ3n) is 1.60. The Balaban J connectivity index is 0.000000810. The molecule has 0 aromatic carbocycles.